The third-order valence-electron chi connectivity index (χ3n) is 4.06. The second-order valence-electron chi connectivity index (χ2n) is 8.25. The van der Waals surface area contributed by atoms with Gasteiger partial charge >= 0.3 is 0 Å². The van der Waals surface area contributed by atoms with Crippen molar-refractivity contribution >= 4 is 5.91 Å². The molecule has 0 saturated heterocycles. The smallest absolute Gasteiger partial charge is 0.257 e. The summed E-state index contributed by atoms with van der Waals surface area (Å²) in [4.78, 5) is 14.4. The number of nitrogens with one attached hydrogen (secondary N) is 1. The fourth-order valence-electron chi connectivity index (χ4n) is 2.39. The lowest BCUT2D eigenvalue weighted by molar-refractivity contribution is 0.0793. The molecule has 0 atom stereocenters. The molecule has 4 heteroatoms. The van der Waals surface area contributed by atoms with Crippen LogP contribution in [-0.4, -0.2) is 43.1 Å². The number of benzene rings is 1. The van der Waals surface area contributed by atoms with Gasteiger partial charge in [0.05, 0.1) is 5.56 Å². The lowest BCUT2D eigenvalue weighted by Gasteiger charge is -2.28. The molecule has 0 saturated carbocycles. The first-order valence-corrected chi connectivity index (χ1v) is 8.17. The molecule has 23 heavy (non-hydrogen) atoms. The molecule has 0 aromatic heterocycles. The van der Waals surface area contributed by atoms with E-state index in [0.29, 0.717) is 18.7 Å². The number of carbonyl (C=O) groups excluding carboxylic acids is 1. The van der Waals surface area contributed by atoms with Crippen LogP contribution in [0, 0.1) is 0 Å². The zero-order chi connectivity index (χ0) is 18.0. The van der Waals surface area contributed by atoms with Crippen molar-refractivity contribution in [2.45, 2.75) is 52.4 Å². The second-order valence-corrected chi connectivity index (χ2v) is 8.25. The van der Waals surface area contributed by atoms with Crippen molar-refractivity contribution in [1.29, 1.82) is 0 Å². The molecule has 0 aliphatic carbocycles. The van der Waals surface area contributed by atoms with Gasteiger partial charge in [0, 0.05) is 25.7 Å². The summed E-state index contributed by atoms with van der Waals surface area (Å²) in [5.74, 6) is -0.0406. The third kappa shape index (κ3) is 4.71. The number of hydrogen-bond acceptors (Lipinski definition) is 3. The monoisotopic (exact) mass is 320 g/mol. The minimum absolute atomic E-state index is 0.0910. The average Bonchev–Trinajstić information content (AvgIpc) is 2.41. The zero-order valence-corrected chi connectivity index (χ0v) is 15.9. The summed E-state index contributed by atoms with van der Waals surface area (Å²) < 4.78 is 0. The van der Waals surface area contributed by atoms with E-state index < -0.39 is 0 Å². The van der Waals surface area contributed by atoms with E-state index in [-0.39, 0.29) is 22.5 Å². The van der Waals surface area contributed by atoms with Gasteiger partial charge in [-0.2, -0.15) is 0 Å². The number of carbonyl (C=O) groups is 1. The molecule has 0 spiro atoms. The first-order chi connectivity index (χ1) is 10.4. The average molecular weight is 320 g/mol. The van der Waals surface area contributed by atoms with Crippen LogP contribution in [0.25, 0.3) is 0 Å². The standard InChI is InChI=1S/C19H32N2O2/c1-18(2,3)13-11-14(17(23)21(8)10-9-20-7)16(22)15(12-13)19(4,5)6/h11-12,20,22H,9-10H2,1-8H3. The van der Waals surface area contributed by atoms with Crippen LogP contribution < -0.4 is 5.32 Å². The summed E-state index contributed by atoms with van der Waals surface area (Å²) in [5, 5.41) is 13.7. The van der Waals surface area contributed by atoms with Crippen LogP contribution in [0.5, 0.6) is 5.75 Å². The fourth-order valence-corrected chi connectivity index (χ4v) is 2.39. The van der Waals surface area contributed by atoms with E-state index in [2.05, 4.69) is 26.1 Å². The first kappa shape index (κ1) is 19.5. The van der Waals surface area contributed by atoms with E-state index >= 15 is 0 Å². The fraction of sp³-hybridized carbons (Fsp3) is 0.632. The Hall–Kier alpha value is -1.55. The molecular formula is C19H32N2O2. The Morgan fingerprint density at radius 1 is 1.13 bits per heavy atom. The number of hydrogen-bond donors (Lipinski definition) is 2. The van der Waals surface area contributed by atoms with Crippen LogP contribution in [0.4, 0.5) is 0 Å². The van der Waals surface area contributed by atoms with Gasteiger partial charge in [-0.25, -0.2) is 0 Å². The van der Waals surface area contributed by atoms with Gasteiger partial charge in [0.1, 0.15) is 5.75 Å². The molecule has 0 heterocycles. The van der Waals surface area contributed by atoms with Gasteiger partial charge in [-0.05, 0) is 29.5 Å². The number of rotatable bonds is 4. The lowest BCUT2D eigenvalue weighted by atomic mass is 9.79. The number of phenolic OH excluding ortho intramolecular Hbond substituents is 1. The molecule has 0 aliphatic rings. The van der Waals surface area contributed by atoms with Crippen LogP contribution in [0.3, 0.4) is 0 Å². The van der Waals surface area contributed by atoms with Gasteiger partial charge in [0.25, 0.3) is 5.91 Å². The molecule has 4 nitrogen and oxygen atoms in total. The maximum Gasteiger partial charge on any atom is 0.257 e. The highest BCUT2D eigenvalue weighted by Gasteiger charge is 2.28. The van der Waals surface area contributed by atoms with Crippen molar-refractivity contribution in [3.8, 4) is 5.75 Å². The Kier molecular flexibility index (Phi) is 5.86. The summed E-state index contributed by atoms with van der Waals surface area (Å²) >= 11 is 0. The second kappa shape index (κ2) is 6.91. The Morgan fingerprint density at radius 3 is 2.13 bits per heavy atom. The molecule has 0 aliphatic heterocycles. The van der Waals surface area contributed by atoms with Crippen molar-refractivity contribution < 1.29 is 9.90 Å². The lowest BCUT2D eigenvalue weighted by Crippen LogP contribution is -2.33. The summed E-state index contributed by atoms with van der Waals surface area (Å²) in [7, 11) is 3.62. The Labute approximate surface area is 140 Å². The van der Waals surface area contributed by atoms with E-state index in [4.69, 9.17) is 0 Å². The summed E-state index contributed by atoms with van der Waals surface area (Å²) in [5.41, 5.74) is 1.94. The maximum absolute atomic E-state index is 12.8. The summed E-state index contributed by atoms with van der Waals surface area (Å²) in [6.07, 6.45) is 0. The number of nitrogens with zero attached hydrogens (tertiary/aromatic N) is 1. The Bertz CT molecular complexity index is 566. The van der Waals surface area contributed by atoms with Crippen molar-refractivity contribution in [2.75, 3.05) is 27.2 Å². The van der Waals surface area contributed by atoms with Crippen molar-refractivity contribution in [3.05, 3.63) is 28.8 Å². The van der Waals surface area contributed by atoms with E-state index in [1.54, 1.807) is 11.9 Å². The van der Waals surface area contributed by atoms with E-state index in [1.807, 2.05) is 40.0 Å². The maximum atomic E-state index is 12.8. The highest BCUT2D eigenvalue weighted by Crippen LogP contribution is 2.38. The van der Waals surface area contributed by atoms with Crippen LogP contribution in [0.1, 0.15) is 63.0 Å². The number of aromatic hydroxyl groups is 1. The van der Waals surface area contributed by atoms with Gasteiger partial charge < -0.3 is 15.3 Å². The van der Waals surface area contributed by atoms with Gasteiger partial charge in [-0.15, -0.1) is 0 Å². The van der Waals surface area contributed by atoms with Crippen LogP contribution in [0.15, 0.2) is 12.1 Å². The Balaban J connectivity index is 3.44. The highest BCUT2D eigenvalue weighted by atomic mass is 16.3. The van der Waals surface area contributed by atoms with Crippen molar-refractivity contribution in [3.63, 3.8) is 0 Å². The van der Waals surface area contributed by atoms with Crippen molar-refractivity contribution in [1.82, 2.24) is 10.2 Å². The zero-order valence-electron chi connectivity index (χ0n) is 15.9. The summed E-state index contributed by atoms with van der Waals surface area (Å²) in [6, 6.07) is 3.86. The quantitative estimate of drug-likeness (QED) is 0.895. The summed E-state index contributed by atoms with van der Waals surface area (Å²) in [6.45, 7) is 13.8. The van der Waals surface area contributed by atoms with Crippen molar-refractivity contribution in [2.24, 2.45) is 0 Å². The predicted molar refractivity (Wildman–Crippen MR) is 96.4 cm³/mol. The predicted octanol–water partition coefficient (Wildman–Crippen LogP) is 3.28. The van der Waals surface area contributed by atoms with Crippen LogP contribution in [-0.2, 0) is 10.8 Å². The van der Waals surface area contributed by atoms with E-state index in [9.17, 15) is 9.90 Å². The molecule has 1 amide bonds. The van der Waals surface area contributed by atoms with E-state index in [0.717, 1.165) is 11.1 Å². The number of likely N-dealkylation sites (N-methyl/N-ethyl adjacent to an activating group) is 2. The topological polar surface area (TPSA) is 52.6 Å². The first-order valence-electron chi connectivity index (χ1n) is 8.17. The molecule has 1 rings (SSSR count). The normalized spacial score (nSPS) is 12.3. The van der Waals surface area contributed by atoms with E-state index in [1.165, 1.54) is 0 Å². The molecule has 1 aromatic carbocycles. The minimum Gasteiger partial charge on any atom is -0.507 e. The molecule has 0 bridgehead atoms. The number of amides is 1. The molecule has 2 N–H and O–H groups in total. The van der Waals surface area contributed by atoms with Crippen LogP contribution >= 0.6 is 0 Å². The SMILES string of the molecule is CNCCN(C)C(=O)c1cc(C(C)(C)C)cc(C(C)(C)C)c1O. The Morgan fingerprint density at radius 2 is 1.70 bits per heavy atom. The van der Waals surface area contributed by atoms with Gasteiger partial charge in [0.2, 0.25) is 0 Å². The molecule has 1 aromatic rings. The largest absolute Gasteiger partial charge is 0.507 e. The molecular weight excluding hydrogens is 288 g/mol. The van der Waals surface area contributed by atoms with Gasteiger partial charge in [0.15, 0.2) is 0 Å². The number of phenols is 1. The highest BCUT2D eigenvalue weighted by molar-refractivity contribution is 5.97. The van der Waals surface area contributed by atoms with Gasteiger partial charge in [-0.3, -0.25) is 4.79 Å². The molecule has 0 unspecified atom stereocenters. The van der Waals surface area contributed by atoms with Gasteiger partial charge in [-0.1, -0.05) is 47.6 Å². The minimum atomic E-state index is -0.232. The molecule has 0 radical (unpaired) electrons. The van der Waals surface area contributed by atoms with Crippen LogP contribution in [0.2, 0.25) is 0 Å². The molecule has 0 fully saturated rings. The third-order valence-corrected chi connectivity index (χ3v) is 4.06. The molecule has 130 valence electrons.